The van der Waals surface area contributed by atoms with Gasteiger partial charge in [-0.3, -0.25) is 0 Å². The van der Waals surface area contributed by atoms with Gasteiger partial charge in [-0.05, 0) is 26.7 Å². The van der Waals surface area contributed by atoms with Gasteiger partial charge in [-0.15, -0.1) is 0 Å². The van der Waals surface area contributed by atoms with Gasteiger partial charge in [0.05, 0.1) is 12.6 Å². The Hall–Kier alpha value is -1.30. The van der Waals surface area contributed by atoms with Crippen molar-refractivity contribution in [1.82, 2.24) is 9.80 Å². The highest BCUT2D eigenvalue weighted by Crippen LogP contribution is 2.22. The monoisotopic (exact) mass is 244 g/mol. The van der Waals surface area contributed by atoms with Crippen LogP contribution in [0.25, 0.3) is 0 Å². The highest BCUT2D eigenvalue weighted by molar-refractivity contribution is 5.85. The molecule has 2 N–H and O–H groups in total. The normalized spacial score (nSPS) is 20.5. The first-order valence-electron chi connectivity index (χ1n) is 5.71. The van der Waals surface area contributed by atoms with Gasteiger partial charge >= 0.3 is 12.0 Å². The molecule has 1 rings (SSSR count). The molecule has 0 radical (unpaired) electrons. The Morgan fingerprint density at radius 2 is 2.06 bits per heavy atom. The van der Waals surface area contributed by atoms with Gasteiger partial charge in [0.15, 0.2) is 0 Å². The zero-order valence-electron chi connectivity index (χ0n) is 10.5. The van der Waals surface area contributed by atoms with Crippen LogP contribution in [0.1, 0.15) is 26.7 Å². The summed E-state index contributed by atoms with van der Waals surface area (Å²) in [5, 5.41) is 18.2. The average molecular weight is 244 g/mol. The minimum Gasteiger partial charge on any atom is -0.480 e. The number of likely N-dealkylation sites (tertiary alicyclic amines) is 1. The van der Waals surface area contributed by atoms with Crippen molar-refractivity contribution in [2.24, 2.45) is 0 Å². The number of amides is 2. The number of likely N-dealkylation sites (N-methyl/N-ethyl adjacent to an activating group) is 1. The first kappa shape index (κ1) is 13.8. The lowest BCUT2D eigenvalue weighted by Crippen LogP contribution is -2.56. The molecule has 1 fully saturated rings. The highest BCUT2D eigenvalue weighted by atomic mass is 16.4. The van der Waals surface area contributed by atoms with E-state index in [4.69, 9.17) is 10.2 Å². The Morgan fingerprint density at radius 3 is 2.53 bits per heavy atom. The zero-order valence-corrected chi connectivity index (χ0v) is 10.5. The molecular weight excluding hydrogens is 224 g/mol. The third-order valence-electron chi connectivity index (χ3n) is 3.48. The third-order valence-corrected chi connectivity index (χ3v) is 3.48. The van der Waals surface area contributed by atoms with E-state index in [9.17, 15) is 9.59 Å². The van der Waals surface area contributed by atoms with Crippen molar-refractivity contribution in [3.8, 4) is 0 Å². The number of hydrogen-bond acceptors (Lipinski definition) is 3. The van der Waals surface area contributed by atoms with E-state index in [-0.39, 0.29) is 18.7 Å². The number of carbonyl (C=O) groups is 2. The van der Waals surface area contributed by atoms with Crippen LogP contribution in [0.2, 0.25) is 0 Å². The number of hydrogen-bond donors (Lipinski definition) is 2. The Balaban J connectivity index is 2.79. The maximum atomic E-state index is 12.1. The summed E-state index contributed by atoms with van der Waals surface area (Å²) in [7, 11) is 1.48. The van der Waals surface area contributed by atoms with Gasteiger partial charge in [0.25, 0.3) is 0 Å². The van der Waals surface area contributed by atoms with Crippen LogP contribution in [-0.2, 0) is 4.79 Å². The van der Waals surface area contributed by atoms with Gasteiger partial charge in [0.1, 0.15) is 5.54 Å². The topological polar surface area (TPSA) is 81.1 Å². The summed E-state index contributed by atoms with van der Waals surface area (Å²) in [4.78, 5) is 26.0. The summed E-state index contributed by atoms with van der Waals surface area (Å²) >= 11 is 0. The molecule has 6 heteroatoms. The summed E-state index contributed by atoms with van der Waals surface area (Å²) in [5.74, 6) is -1.05. The van der Waals surface area contributed by atoms with Crippen molar-refractivity contribution in [2.45, 2.75) is 38.3 Å². The number of urea groups is 1. The fraction of sp³-hybridized carbons (Fsp3) is 0.818. The number of aliphatic hydroxyl groups is 1. The number of carbonyl (C=O) groups excluding carboxylic acids is 1. The van der Waals surface area contributed by atoms with E-state index in [0.29, 0.717) is 6.54 Å². The summed E-state index contributed by atoms with van der Waals surface area (Å²) in [5.41, 5.74) is -1.25. The van der Waals surface area contributed by atoms with Crippen molar-refractivity contribution < 1.29 is 19.8 Å². The van der Waals surface area contributed by atoms with E-state index in [2.05, 4.69) is 0 Å². The van der Waals surface area contributed by atoms with Crippen molar-refractivity contribution in [3.05, 3.63) is 0 Å². The largest absolute Gasteiger partial charge is 0.480 e. The van der Waals surface area contributed by atoms with Crippen LogP contribution >= 0.6 is 0 Å². The molecule has 1 heterocycles. The number of carboxylic acids is 1. The average Bonchev–Trinajstić information content (AvgIpc) is 2.74. The van der Waals surface area contributed by atoms with Crippen molar-refractivity contribution in [2.75, 3.05) is 20.2 Å². The number of aliphatic carboxylic acids is 1. The fourth-order valence-electron chi connectivity index (χ4n) is 1.85. The first-order chi connectivity index (χ1) is 7.82. The molecule has 0 aromatic heterocycles. The molecule has 2 amide bonds. The molecule has 0 aromatic carbocycles. The maximum Gasteiger partial charge on any atom is 0.329 e. The van der Waals surface area contributed by atoms with E-state index in [1.807, 2.05) is 0 Å². The van der Waals surface area contributed by atoms with Crippen LogP contribution in [0, 0.1) is 0 Å². The molecule has 17 heavy (non-hydrogen) atoms. The van der Waals surface area contributed by atoms with Gasteiger partial charge in [-0.1, -0.05) is 0 Å². The Kier molecular flexibility index (Phi) is 3.98. The molecule has 98 valence electrons. The van der Waals surface area contributed by atoms with Crippen LogP contribution in [0.3, 0.4) is 0 Å². The van der Waals surface area contributed by atoms with Gasteiger partial charge in [0.2, 0.25) is 0 Å². The lowest BCUT2D eigenvalue weighted by atomic mass is 10.0. The highest BCUT2D eigenvalue weighted by Gasteiger charge is 2.39. The van der Waals surface area contributed by atoms with Crippen molar-refractivity contribution in [3.63, 3.8) is 0 Å². The van der Waals surface area contributed by atoms with Gasteiger partial charge in [0, 0.05) is 13.6 Å². The van der Waals surface area contributed by atoms with Crippen molar-refractivity contribution in [1.29, 1.82) is 0 Å². The Morgan fingerprint density at radius 1 is 1.47 bits per heavy atom. The lowest BCUT2D eigenvalue weighted by molar-refractivity contribution is -0.147. The molecule has 1 aliphatic rings. The molecular formula is C11H20N2O4. The second kappa shape index (κ2) is 4.91. The Bertz CT molecular complexity index is 317. The van der Waals surface area contributed by atoms with Crippen LogP contribution in [-0.4, -0.2) is 63.8 Å². The van der Waals surface area contributed by atoms with Crippen molar-refractivity contribution >= 4 is 12.0 Å². The predicted molar refractivity (Wildman–Crippen MR) is 61.7 cm³/mol. The molecule has 0 saturated carbocycles. The number of nitrogens with zero attached hydrogens (tertiary/aromatic N) is 2. The maximum absolute atomic E-state index is 12.1. The molecule has 1 atom stereocenters. The fourth-order valence-corrected chi connectivity index (χ4v) is 1.85. The number of carboxylic acid groups (broad SMARTS) is 1. The second-order valence-corrected chi connectivity index (χ2v) is 4.88. The van der Waals surface area contributed by atoms with Crippen LogP contribution in [0.15, 0.2) is 0 Å². The molecule has 0 spiro atoms. The second-order valence-electron chi connectivity index (χ2n) is 4.88. The SMILES string of the molecule is CN(C(=O)N1CCCC1CO)C(C)(C)C(=O)O. The van der Waals surface area contributed by atoms with Crippen LogP contribution in [0.4, 0.5) is 4.79 Å². The molecule has 1 aliphatic heterocycles. The summed E-state index contributed by atoms with van der Waals surface area (Å²) in [6, 6.07) is -0.525. The first-order valence-corrected chi connectivity index (χ1v) is 5.71. The van der Waals surface area contributed by atoms with Crippen LogP contribution in [0.5, 0.6) is 0 Å². The molecule has 0 aromatic rings. The third kappa shape index (κ3) is 2.52. The van der Waals surface area contributed by atoms with Gasteiger partial charge in [-0.25, -0.2) is 9.59 Å². The minimum atomic E-state index is -1.25. The molecule has 0 aliphatic carbocycles. The van der Waals surface area contributed by atoms with E-state index >= 15 is 0 Å². The lowest BCUT2D eigenvalue weighted by Gasteiger charge is -2.36. The number of rotatable bonds is 3. The molecule has 0 bridgehead atoms. The van der Waals surface area contributed by atoms with E-state index in [1.54, 1.807) is 4.90 Å². The van der Waals surface area contributed by atoms with E-state index in [0.717, 1.165) is 12.8 Å². The summed E-state index contributed by atoms with van der Waals surface area (Å²) < 4.78 is 0. The minimum absolute atomic E-state index is 0.0763. The molecule has 1 unspecified atom stereocenters. The quantitative estimate of drug-likeness (QED) is 0.751. The Labute approximate surface area is 101 Å². The van der Waals surface area contributed by atoms with Crippen LogP contribution < -0.4 is 0 Å². The number of aliphatic hydroxyl groups excluding tert-OH is 1. The van der Waals surface area contributed by atoms with E-state index in [1.165, 1.54) is 25.8 Å². The molecule has 6 nitrogen and oxygen atoms in total. The van der Waals surface area contributed by atoms with Gasteiger partial charge < -0.3 is 20.0 Å². The van der Waals surface area contributed by atoms with Gasteiger partial charge in [-0.2, -0.15) is 0 Å². The molecule has 1 saturated heterocycles. The van der Waals surface area contributed by atoms with E-state index < -0.39 is 11.5 Å². The standard InChI is InChI=1S/C11H20N2O4/c1-11(2,9(15)16)12(3)10(17)13-6-4-5-8(13)7-14/h8,14H,4-7H2,1-3H3,(H,15,16). The summed E-state index contributed by atoms with van der Waals surface area (Å²) in [6.45, 7) is 3.46. The zero-order chi connectivity index (χ0) is 13.2. The predicted octanol–water partition coefficient (Wildman–Crippen LogP) is 0.358. The smallest absolute Gasteiger partial charge is 0.329 e. The summed E-state index contributed by atoms with van der Waals surface area (Å²) in [6.07, 6.45) is 1.61.